The number of fused-ring (bicyclic) bond motifs is 1. The molecule has 0 unspecified atom stereocenters. The first-order chi connectivity index (χ1) is 11.3. The molecule has 23 heavy (non-hydrogen) atoms. The van der Waals surface area contributed by atoms with E-state index in [0.29, 0.717) is 0 Å². The number of hydrogen-bond acceptors (Lipinski definition) is 6. The molecule has 0 aliphatic carbocycles. The summed E-state index contributed by atoms with van der Waals surface area (Å²) in [6.45, 7) is 1.92. The third-order valence-corrected chi connectivity index (χ3v) is 5.79. The molecule has 1 aliphatic heterocycles. The summed E-state index contributed by atoms with van der Waals surface area (Å²) in [5.41, 5.74) is 5.58. The van der Waals surface area contributed by atoms with E-state index in [-0.39, 0.29) is 0 Å². The van der Waals surface area contributed by atoms with E-state index < -0.39 is 0 Å². The Bertz CT molecular complexity index is 863. The summed E-state index contributed by atoms with van der Waals surface area (Å²) < 4.78 is 0. The van der Waals surface area contributed by atoms with Crippen molar-refractivity contribution >= 4 is 44.8 Å². The van der Waals surface area contributed by atoms with Gasteiger partial charge in [-0.2, -0.15) is 16.9 Å². The first kappa shape index (κ1) is 14.7. The van der Waals surface area contributed by atoms with Gasteiger partial charge in [0.15, 0.2) is 5.82 Å². The minimum Gasteiger partial charge on any atom is -0.261 e. The van der Waals surface area contributed by atoms with Gasteiger partial charge >= 0.3 is 0 Å². The van der Waals surface area contributed by atoms with Crippen LogP contribution in [0.25, 0.3) is 20.7 Å². The molecule has 0 spiro atoms. The van der Waals surface area contributed by atoms with Crippen LogP contribution in [0, 0.1) is 6.92 Å². The number of thiophene rings is 1. The first-order valence-electron chi connectivity index (χ1n) is 7.52. The van der Waals surface area contributed by atoms with Crippen molar-refractivity contribution in [3.8, 4) is 10.4 Å². The number of aryl methyl sites for hydroxylation is 1. The van der Waals surface area contributed by atoms with Crippen LogP contribution in [0.1, 0.15) is 12.2 Å². The van der Waals surface area contributed by atoms with E-state index in [4.69, 9.17) is 0 Å². The molecule has 1 aliphatic rings. The van der Waals surface area contributed by atoms with Crippen LogP contribution in [0.5, 0.6) is 0 Å². The Morgan fingerprint density at radius 1 is 1.17 bits per heavy atom. The highest BCUT2D eigenvalue weighted by Crippen LogP contribution is 2.35. The molecule has 1 saturated heterocycles. The highest BCUT2D eigenvalue weighted by Gasteiger charge is 2.13. The Morgan fingerprint density at radius 2 is 2.04 bits per heavy atom. The topological polar surface area (TPSA) is 50.2 Å². The molecule has 4 rings (SSSR count). The van der Waals surface area contributed by atoms with Gasteiger partial charge in [-0.1, -0.05) is 30.3 Å². The predicted octanol–water partition coefficient (Wildman–Crippen LogP) is 4.57. The van der Waals surface area contributed by atoms with Gasteiger partial charge in [-0.3, -0.25) is 5.43 Å². The molecule has 1 fully saturated rings. The van der Waals surface area contributed by atoms with Crippen LogP contribution in [-0.2, 0) is 0 Å². The summed E-state index contributed by atoms with van der Waals surface area (Å²) in [6, 6.07) is 12.5. The van der Waals surface area contributed by atoms with Crippen molar-refractivity contribution in [2.75, 3.05) is 16.9 Å². The zero-order valence-corrected chi connectivity index (χ0v) is 14.4. The highest BCUT2D eigenvalue weighted by atomic mass is 32.2. The van der Waals surface area contributed by atoms with E-state index in [1.165, 1.54) is 16.2 Å². The molecule has 0 bridgehead atoms. The number of hydrazone groups is 1. The fourth-order valence-corrected chi connectivity index (χ4v) is 4.58. The van der Waals surface area contributed by atoms with Crippen molar-refractivity contribution in [2.24, 2.45) is 5.10 Å². The summed E-state index contributed by atoms with van der Waals surface area (Å²) in [5.74, 6) is 3.74. The Kier molecular flexibility index (Phi) is 4.01. The molecular weight excluding hydrogens is 324 g/mol. The number of anilines is 1. The summed E-state index contributed by atoms with van der Waals surface area (Å²) >= 11 is 3.62. The molecule has 0 amide bonds. The molecule has 2 aromatic heterocycles. The predicted molar refractivity (Wildman–Crippen MR) is 101 cm³/mol. The summed E-state index contributed by atoms with van der Waals surface area (Å²) in [4.78, 5) is 11.3. The van der Waals surface area contributed by atoms with Crippen LogP contribution >= 0.6 is 23.1 Å². The molecule has 3 heterocycles. The number of nitrogens with one attached hydrogen (secondary N) is 1. The van der Waals surface area contributed by atoms with Crippen LogP contribution in [0.15, 0.2) is 41.5 Å². The van der Waals surface area contributed by atoms with E-state index in [1.807, 2.05) is 24.8 Å². The van der Waals surface area contributed by atoms with Gasteiger partial charge in [-0.05, 0) is 30.7 Å². The van der Waals surface area contributed by atoms with Crippen molar-refractivity contribution in [1.82, 2.24) is 9.97 Å². The average Bonchev–Trinajstić information content (AvgIpc) is 3.22. The largest absolute Gasteiger partial charge is 0.261 e. The van der Waals surface area contributed by atoms with E-state index in [0.717, 1.165) is 39.8 Å². The minimum absolute atomic E-state index is 0.766. The van der Waals surface area contributed by atoms with Crippen molar-refractivity contribution in [2.45, 2.75) is 13.3 Å². The van der Waals surface area contributed by atoms with Gasteiger partial charge in [0.1, 0.15) is 10.7 Å². The highest BCUT2D eigenvalue weighted by molar-refractivity contribution is 8.00. The van der Waals surface area contributed by atoms with Gasteiger partial charge in [0, 0.05) is 16.3 Å². The number of thioether (sulfide) groups is 1. The summed E-state index contributed by atoms with van der Waals surface area (Å²) in [7, 11) is 0. The number of rotatable bonds is 3. The van der Waals surface area contributed by atoms with Crippen molar-refractivity contribution in [1.29, 1.82) is 0 Å². The van der Waals surface area contributed by atoms with Crippen LogP contribution in [-0.4, -0.2) is 27.2 Å². The maximum absolute atomic E-state index is 4.58. The molecule has 0 atom stereocenters. The Labute approximate surface area is 143 Å². The van der Waals surface area contributed by atoms with Gasteiger partial charge in [0.05, 0.1) is 5.39 Å². The second-order valence-corrected chi connectivity index (χ2v) is 7.54. The zero-order valence-electron chi connectivity index (χ0n) is 12.7. The SMILES string of the molecule is Cc1nc(N/N=C2\CCSC2)c2cc(-c3ccccc3)sc2n1. The second kappa shape index (κ2) is 6.29. The van der Waals surface area contributed by atoms with E-state index in [9.17, 15) is 0 Å². The van der Waals surface area contributed by atoms with Crippen molar-refractivity contribution < 1.29 is 0 Å². The number of aromatic nitrogens is 2. The quantitative estimate of drug-likeness (QED) is 0.710. The molecule has 4 nitrogen and oxygen atoms in total. The maximum Gasteiger partial charge on any atom is 0.158 e. The van der Waals surface area contributed by atoms with Gasteiger partial charge < -0.3 is 0 Å². The fourth-order valence-electron chi connectivity index (χ4n) is 2.53. The smallest absolute Gasteiger partial charge is 0.158 e. The minimum atomic E-state index is 0.766. The van der Waals surface area contributed by atoms with Crippen molar-refractivity contribution in [3.63, 3.8) is 0 Å². The van der Waals surface area contributed by atoms with E-state index in [1.54, 1.807) is 11.3 Å². The summed E-state index contributed by atoms with van der Waals surface area (Å²) in [5, 5.41) is 5.56. The third-order valence-electron chi connectivity index (χ3n) is 3.69. The first-order valence-corrected chi connectivity index (χ1v) is 9.49. The van der Waals surface area contributed by atoms with Crippen LogP contribution in [0.3, 0.4) is 0 Å². The van der Waals surface area contributed by atoms with Crippen LogP contribution in [0.4, 0.5) is 5.82 Å². The fraction of sp³-hybridized carbons (Fsp3) is 0.235. The molecule has 1 N–H and O–H groups in total. The second-order valence-electron chi connectivity index (χ2n) is 5.41. The Hall–Kier alpha value is -1.92. The Morgan fingerprint density at radius 3 is 2.83 bits per heavy atom. The lowest BCUT2D eigenvalue weighted by molar-refractivity contribution is 1.08. The number of hydrogen-bond donors (Lipinski definition) is 1. The lowest BCUT2D eigenvalue weighted by Crippen LogP contribution is -2.02. The lowest BCUT2D eigenvalue weighted by Gasteiger charge is -2.03. The average molecular weight is 340 g/mol. The van der Waals surface area contributed by atoms with Gasteiger partial charge in [0.2, 0.25) is 0 Å². The van der Waals surface area contributed by atoms with Gasteiger partial charge in [-0.15, -0.1) is 11.3 Å². The molecule has 6 heteroatoms. The molecule has 1 aromatic carbocycles. The van der Waals surface area contributed by atoms with Crippen molar-refractivity contribution in [3.05, 3.63) is 42.2 Å². The van der Waals surface area contributed by atoms with E-state index in [2.05, 4.69) is 50.8 Å². The molecule has 0 radical (unpaired) electrons. The molecular formula is C17H16N4S2. The van der Waals surface area contributed by atoms with Crippen LogP contribution < -0.4 is 5.43 Å². The maximum atomic E-state index is 4.58. The number of nitrogens with zero attached hydrogens (tertiary/aromatic N) is 3. The Balaban J connectivity index is 1.75. The molecule has 3 aromatic rings. The normalized spacial score (nSPS) is 16.3. The van der Waals surface area contributed by atoms with E-state index >= 15 is 0 Å². The molecule has 0 saturated carbocycles. The zero-order chi connectivity index (χ0) is 15.6. The van der Waals surface area contributed by atoms with Crippen LogP contribution in [0.2, 0.25) is 0 Å². The third kappa shape index (κ3) is 3.09. The lowest BCUT2D eigenvalue weighted by atomic mass is 10.2. The monoisotopic (exact) mass is 340 g/mol. The van der Waals surface area contributed by atoms with Gasteiger partial charge in [0.25, 0.3) is 0 Å². The standard InChI is InChI=1S/C17H16N4S2/c1-11-18-16(21-20-13-7-8-22-10-13)14-9-15(23-17(14)19-11)12-5-3-2-4-6-12/h2-6,9H,7-8,10H2,1H3,(H,18,19,21)/b20-13+. The molecule has 116 valence electrons. The van der Waals surface area contributed by atoms with Gasteiger partial charge in [-0.25, -0.2) is 9.97 Å². The summed E-state index contributed by atoms with van der Waals surface area (Å²) in [6.07, 6.45) is 1.06. The number of benzene rings is 1.